The molecule has 386 valence electrons. The molecule has 4 heterocycles. The van der Waals surface area contributed by atoms with Crippen LogP contribution < -0.4 is 27.0 Å². The van der Waals surface area contributed by atoms with Gasteiger partial charge in [-0.25, -0.2) is 4.79 Å². The first kappa shape index (κ1) is 53.8. The fraction of sp³-hybridized carbons (Fsp3) is 0.588. The van der Waals surface area contributed by atoms with Gasteiger partial charge in [0.1, 0.15) is 48.0 Å². The van der Waals surface area contributed by atoms with Crippen LogP contribution in [0, 0.1) is 11.8 Å². The van der Waals surface area contributed by atoms with Crippen molar-refractivity contribution in [2.45, 2.75) is 147 Å². The molecular weight excluding hydrogens is 915 g/mol. The summed E-state index contributed by atoms with van der Waals surface area (Å²) in [5.41, 5.74) is 7.55. The summed E-state index contributed by atoms with van der Waals surface area (Å²) in [6.45, 7) is 7.70. The molecule has 71 heavy (non-hydrogen) atoms. The van der Waals surface area contributed by atoms with Gasteiger partial charge in [-0.1, -0.05) is 76.6 Å². The number of phenolic OH excluding ortho intramolecular Hbond substituents is 1. The summed E-state index contributed by atoms with van der Waals surface area (Å²) >= 11 is 0. The van der Waals surface area contributed by atoms with E-state index >= 15 is 0 Å². The van der Waals surface area contributed by atoms with E-state index < -0.39 is 108 Å². The number of aromatic hydroxyl groups is 1. The summed E-state index contributed by atoms with van der Waals surface area (Å²) in [5, 5.41) is 30.8. The molecule has 6 rings (SSSR count). The predicted molar refractivity (Wildman–Crippen MR) is 260 cm³/mol. The topological polar surface area (TPSA) is 281 Å². The second-order valence-corrected chi connectivity index (χ2v) is 19.7. The molecule has 0 bridgehead atoms. The van der Waals surface area contributed by atoms with E-state index in [-0.39, 0.29) is 63.0 Å². The fourth-order valence-corrected chi connectivity index (χ4v) is 10.1. The Labute approximate surface area is 414 Å². The molecule has 0 saturated carbocycles. The Morgan fingerprint density at radius 3 is 1.61 bits per heavy atom. The molecule has 4 fully saturated rings. The molecular formula is C51H71N9O11. The highest BCUT2D eigenvalue weighted by Gasteiger charge is 2.44. The van der Waals surface area contributed by atoms with Gasteiger partial charge in [-0.2, -0.15) is 0 Å². The van der Waals surface area contributed by atoms with Crippen LogP contribution in [0.3, 0.4) is 0 Å². The van der Waals surface area contributed by atoms with Crippen molar-refractivity contribution < 1.29 is 53.4 Å². The summed E-state index contributed by atoms with van der Waals surface area (Å²) in [6.07, 6.45) is 3.88. The Kier molecular flexibility index (Phi) is 18.6. The van der Waals surface area contributed by atoms with Crippen LogP contribution in [-0.2, 0) is 56.0 Å². The maximum absolute atomic E-state index is 14.6. The Bertz CT molecular complexity index is 2260. The molecule has 0 aromatic heterocycles. The number of rotatable bonds is 20. The minimum absolute atomic E-state index is 0.0323. The van der Waals surface area contributed by atoms with Crippen molar-refractivity contribution >= 4 is 53.2 Å². The number of hydrogen-bond donors (Lipinski definition) is 7. The molecule has 0 spiro atoms. The first-order valence-corrected chi connectivity index (χ1v) is 25.1. The number of carboxylic acids is 1. The molecule has 20 nitrogen and oxygen atoms in total. The van der Waals surface area contributed by atoms with Crippen molar-refractivity contribution in [3.63, 3.8) is 0 Å². The maximum Gasteiger partial charge on any atom is 0.326 e. The summed E-state index contributed by atoms with van der Waals surface area (Å²) in [5.74, 6) is -5.85. The van der Waals surface area contributed by atoms with Crippen LogP contribution in [-0.4, -0.2) is 164 Å². The summed E-state index contributed by atoms with van der Waals surface area (Å²) in [4.78, 5) is 129. The highest BCUT2D eigenvalue weighted by molar-refractivity contribution is 5.98. The molecule has 20 heteroatoms. The Morgan fingerprint density at radius 1 is 0.606 bits per heavy atom. The molecule has 4 aliphatic rings. The standard InChI is InChI=1S/C51H71N9O11/c1-5-31(4)43(50(69)60-26-12-18-40(60)51(70)71)56-46(65)38-16-9-23-57(38)41(62)29-53-44(63)37-15-10-24-58(37)48(67)35(27-32-13-7-6-8-14-32)54-45(64)39-17-11-25-59(39)49(68)36(55-47(66)42(52)30(2)3)28-33-19-21-34(61)22-20-33/h6-8,13-14,19-22,30-31,35-40,42-43,61H,5,9-12,15-18,23-29,52H2,1-4H3,(H,53,63)(H,54,64)(H,55,66)(H,56,65)(H,70,71)/t31-,35-,36-,37-,38-,39-,40-,42-,43-/m0/s1. The number of carbonyl (C=O) groups excluding carboxylic acids is 8. The van der Waals surface area contributed by atoms with Gasteiger partial charge in [0, 0.05) is 39.0 Å². The monoisotopic (exact) mass is 986 g/mol. The second kappa shape index (κ2) is 24.5. The van der Waals surface area contributed by atoms with Crippen LogP contribution in [0.2, 0.25) is 0 Å². The van der Waals surface area contributed by atoms with Crippen molar-refractivity contribution in [3.8, 4) is 5.75 Å². The van der Waals surface area contributed by atoms with E-state index in [0.29, 0.717) is 56.9 Å². The fourth-order valence-electron chi connectivity index (χ4n) is 10.1. The molecule has 4 saturated heterocycles. The molecule has 9 atom stereocenters. The molecule has 4 aliphatic heterocycles. The average Bonchev–Trinajstić information content (AvgIpc) is 4.22. The zero-order valence-electron chi connectivity index (χ0n) is 41.2. The number of nitrogens with one attached hydrogen (secondary N) is 4. The predicted octanol–water partition coefficient (Wildman–Crippen LogP) is 0.826. The zero-order chi connectivity index (χ0) is 51.5. The van der Waals surface area contributed by atoms with Gasteiger partial charge in [-0.3, -0.25) is 38.4 Å². The van der Waals surface area contributed by atoms with Gasteiger partial charge in [0.25, 0.3) is 0 Å². The van der Waals surface area contributed by atoms with Crippen LogP contribution in [0.4, 0.5) is 0 Å². The summed E-state index contributed by atoms with van der Waals surface area (Å²) < 4.78 is 0. The second-order valence-electron chi connectivity index (χ2n) is 19.7. The quantitative estimate of drug-likeness (QED) is 0.0972. The van der Waals surface area contributed by atoms with E-state index in [1.807, 2.05) is 25.1 Å². The van der Waals surface area contributed by atoms with Crippen LogP contribution in [0.25, 0.3) is 0 Å². The highest BCUT2D eigenvalue weighted by Crippen LogP contribution is 2.26. The van der Waals surface area contributed by atoms with Crippen LogP contribution in [0.1, 0.15) is 96.6 Å². The van der Waals surface area contributed by atoms with Crippen LogP contribution in [0.15, 0.2) is 54.6 Å². The number of amides is 8. The minimum atomic E-state index is -1.15. The number of carbonyl (C=O) groups is 9. The lowest BCUT2D eigenvalue weighted by Gasteiger charge is -2.32. The van der Waals surface area contributed by atoms with Gasteiger partial charge in [0.15, 0.2) is 0 Å². The normalized spacial score (nSPS) is 22.1. The molecule has 0 aliphatic carbocycles. The van der Waals surface area contributed by atoms with Gasteiger partial charge >= 0.3 is 5.97 Å². The third kappa shape index (κ3) is 13.2. The third-order valence-electron chi connectivity index (χ3n) is 14.5. The van der Waals surface area contributed by atoms with Gasteiger partial charge < -0.3 is 56.8 Å². The van der Waals surface area contributed by atoms with Gasteiger partial charge in [-0.05, 0) is 86.5 Å². The largest absolute Gasteiger partial charge is 0.508 e. The van der Waals surface area contributed by atoms with Gasteiger partial charge in [0.2, 0.25) is 47.3 Å². The molecule has 2 aromatic carbocycles. The minimum Gasteiger partial charge on any atom is -0.508 e. The van der Waals surface area contributed by atoms with Crippen molar-refractivity contribution in [3.05, 3.63) is 65.7 Å². The van der Waals surface area contributed by atoms with Gasteiger partial charge in [-0.15, -0.1) is 0 Å². The highest BCUT2D eigenvalue weighted by atomic mass is 16.4. The Balaban J connectivity index is 1.11. The van der Waals surface area contributed by atoms with E-state index in [2.05, 4.69) is 21.3 Å². The van der Waals surface area contributed by atoms with Crippen molar-refractivity contribution in [2.75, 3.05) is 32.7 Å². The van der Waals surface area contributed by atoms with Crippen LogP contribution >= 0.6 is 0 Å². The molecule has 8 amide bonds. The Hall–Kier alpha value is -6.57. The molecule has 8 N–H and O–H groups in total. The van der Waals surface area contributed by atoms with E-state index in [4.69, 9.17) is 5.73 Å². The third-order valence-corrected chi connectivity index (χ3v) is 14.5. The van der Waals surface area contributed by atoms with E-state index in [9.17, 15) is 53.4 Å². The number of benzene rings is 2. The van der Waals surface area contributed by atoms with Crippen molar-refractivity contribution in [1.29, 1.82) is 0 Å². The van der Waals surface area contributed by atoms with Crippen molar-refractivity contribution in [1.82, 2.24) is 40.9 Å². The first-order valence-electron chi connectivity index (χ1n) is 25.1. The number of hydrogen-bond acceptors (Lipinski definition) is 11. The number of carboxylic acid groups (broad SMARTS) is 1. The summed E-state index contributed by atoms with van der Waals surface area (Å²) in [7, 11) is 0. The Morgan fingerprint density at radius 2 is 1.07 bits per heavy atom. The zero-order valence-corrected chi connectivity index (χ0v) is 41.2. The van der Waals surface area contributed by atoms with E-state index in [1.54, 1.807) is 45.0 Å². The summed E-state index contributed by atoms with van der Waals surface area (Å²) in [6, 6.07) is 7.29. The maximum atomic E-state index is 14.6. The SMILES string of the molecule is CC[C@H](C)[C@H](NC(=O)[C@@H]1CCCN1C(=O)CNC(=O)[C@@H]1CCCN1C(=O)[C@H](Cc1ccccc1)NC(=O)[C@@H]1CCCN1C(=O)[C@H](Cc1ccc(O)cc1)NC(=O)[C@@H](N)C(C)C)C(=O)N1CCC[C@H]1C(=O)O. The lowest BCUT2D eigenvalue weighted by molar-refractivity contribution is -0.150. The number of phenols is 1. The smallest absolute Gasteiger partial charge is 0.326 e. The lowest BCUT2D eigenvalue weighted by atomic mass is 9.96. The molecule has 0 unspecified atom stereocenters. The number of nitrogens with zero attached hydrogens (tertiary/aromatic N) is 4. The number of aliphatic carboxylic acids is 1. The molecule has 0 radical (unpaired) electrons. The average molecular weight is 986 g/mol. The van der Waals surface area contributed by atoms with E-state index in [0.717, 1.165) is 5.56 Å². The molecule has 2 aromatic rings. The van der Waals surface area contributed by atoms with E-state index in [1.165, 1.54) is 31.7 Å². The van der Waals surface area contributed by atoms with Gasteiger partial charge in [0.05, 0.1) is 12.6 Å². The van der Waals surface area contributed by atoms with Crippen LogP contribution in [0.5, 0.6) is 5.75 Å². The lowest BCUT2D eigenvalue weighted by Crippen LogP contribution is -2.59. The number of nitrogens with two attached hydrogens (primary N) is 1. The first-order chi connectivity index (χ1) is 33.9. The van der Waals surface area contributed by atoms with Crippen molar-refractivity contribution in [2.24, 2.45) is 17.6 Å². The number of likely N-dealkylation sites (tertiary alicyclic amines) is 4.